The number of carbonyl (C=O) groups is 2. The van der Waals surface area contributed by atoms with Gasteiger partial charge in [0.05, 0.1) is 59.9 Å². The van der Waals surface area contributed by atoms with Gasteiger partial charge >= 0.3 is 6.09 Å². The Morgan fingerprint density at radius 1 is 0.697 bits per heavy atom. The molecule has 1 unspecified atom stereocenters. The fourth-order valence-corrected chi connectivity index (χ4v) is 13.4. The maximum Gasteiger partial charge on any atom is 0.404 e. The van der Waals surface area contributed by atoms with Gasteiger partial charge in [0.25, 0.3) is 40.5 Å². The van der Waals surface area contributed by atoms with Gasteiger partial charge in [-0.1, -0.05) is 38.5 Å². The number of hydrogen-bond acceptors (Lipinski definition) is 23. The van der Waals surface area contributed by atoms with E-state index in [0.717, 1.165) is 5.70 Å². The Morgan fingerprint density at radius 3 is 1.94 bits per heavy atom. The van der Waals surface area contributed by atoms with Crippen molar-refractivity contribution < 1.29 is 125 Å². The monoisotopic (exact) mass is 1340 g/mol. The van der Waals surface area contributed by atoms with Gasteiger partial charge in [0.15, 0.2) is 24.2 Å². The lowest BCUT2D eigenvalue weighted by atomic mass is 9.83. The molecule has 0 radical (unpaired) electrons. The van der Waals surface area contributed by atoms with Gasteiger partial charge in [-0.2, -0.15) is 33.7 Å². The molecule has 0 spiro atoms. The normalized spacial score (nSPS) is 27.0. The fourth-order valence-electron chi connectivity index (χ4n) is 11.3. The molecule has 0 bridgehead atoms. The number of ether oxygens (including phenoxy) is 6. The van der Waals surface area contributed by atoms with Gasteiger partial charge in [0, 0.05) is 67.7 Å². The maximum absolute atomic E-state index is 12.9. The van der Waals surface area contributed by atoms with Gasteiger partial charge in [-0.15, -0.1) is 0 Å². The molecule has 13 N–H and O–H groups in total. The van der Waals surface area contributed by atoms with Crippen LogP contribution in [0.3, 0.4) is 0 Å². The highest BCUT2D eigenvalue weighted by molar-refractivity contribution is 7.86. The molecule has 4 aliphatic rings. The predicted octanol–water partition coefficient (Wildman–Crippen LogP) is 0.168. The van der Waals surface area contributed by atoms with Crippen LogP contribution in [0.5, 0.6) is 0 Å². The largest absolute Gasteiger partial charge is 0.441 e. The first-order chi connectivity index (χ1) is 41.6. The number of nitrogens with one attached hydrogen (secondary N) is 1. The van der Waals surface area contributed by atoms with Crippen molar-refractivity contribution in [1.82, 2.24) is 5.32 Å². The third-order valence-electron chi connectivity index (χ3n) is 15.8. The number of hydrogen-bond donors (Lipinski definition) is 12. The molecule has 6 rings (SSSR count). The average molecular weight is 1340 g/mol. The molecule has 2 aromatic carbocycles. The molecule has 0 saturated carbocycles. The van der Waals surface area contributed by atoms with E-state index in [1.807, 2.05) is 29.4 Å². The number of amides is 2. The fraction of sp³-hybridized carbons (Fsp3) is 0.618. The van der Waals surface area contributed by atoms with E-state index in [-0.39, 0.29) is 87.1 Å². The maximum atomic E-state index is 12.9. The third-order valence-corrected chi connectivity index (χ3v) is 19.1. The minimum Gasteiger partial charge on any atom is -0.441 e. The molecule has 4 aliphatic heterocycles. The molecule has 34 heteroatoms. The Morgan fingerprint density at radius 2 is 1.31 bits per heavy atom. The summed E-state index contributed by atoms with van der Waals surface area (Å²) in [6.45, 7) is 4.49. The van der Waals surface area contributed by atoms with Crippen LogP contribution < -0.4 is 16.0 Å². The molecule has 2 fully saturated rings. The Bertz CT molecular complexity index is 3400. The summed E-state index contributed by atoms with van der Waals surface area (Å²) in [5.74, 6) is -1.31. The number of nitrogens with zero attached hydrogens (tertiary/aromatic N) is 2. The molecule has 2 aromatic rings. The number of benzene rings is 2. The van der Waals surface area contributed by atoms with Crippen molar-refractivity contribution in [2.45, 2.75) is 161 Å². The topological polar surface area (TPSA) is 473 Å². The lowest BCUT2D eigenvalue weighted by Gasteiger charge is -2.46. The second-order valence-corrected chi connectivity index (χ2v) is 28.5. The second kappa shape index (κ2) is 31.1. The molecule has 2 amide bonds. The summed E-state index contributed by atoms with van der Waals surface area (Å²) in [6, 6.07) is 8.42. The minimum atomic E-state index is -4.68. The zero-order valence-corrected chi connectivity index (χ0v) is 52.4. The van der Waals surface area contributed by atoms with Crippen LogP contribution in [-0.4, -0.2) is 230 Å². The van der Waals surface area contributed by atoms with E-state index in [1.165, 1.54) is 30.3 Å². The number of primary amides is 1. The summed E-state index contributed by atoms with van der Waals surface area (Å²) in [4.78, 5) is 25.7. The van der Waals surface area contributed by atoms with Gasteiger partial charge in [0.2, 0.25) is 11.6 Å². The molecule has 0 aliphatic carbocycles. The van der Waals surface area contributed by atoms with Gasteiger partial charge < -0.3 is 75.0 Å². The number of rotatable bonds is 33. The van der Waals surface area contributed by atoms with Gasteiger partial charge in [0.1, 0.15) is 49.3 Å². The SMILES string of the molecule is CC1(C)/C(=C/C=C/C=C/C2=[N+](CCCCS(=O)(=O)O)C(C)(CCCCS(=O)(=O)O)c3cc(S(=O)(=O)O)ccc32)N(CCCCCC(=O)NCCOCCO[C@H]2O[C@@H](CO)[C@@H](O)[C@H](O)[C@@H]2O[C@H]2O[C@H](CO)[C@@H](O)[C@@H](OC(N)=O)[C@@H]2O)c2ccc(S(=O)(=O)O)cc21. The number of fused-ring (bicyclic) bond motifs is 2. The first-order valence-corrected chi connectivity index (χ1v) is 34.7. The smallest absolute Gasteiger partial charge is 0.404 e. The molecule has 4 heterocycles. The summed E-state index contributed by atoms with van der Waals surface area (Å²) in [7, 11) is -17.8. The number of anilines is 1. The van der Waals surface area contributed by atoms with E-state index in [1.54, 1.807) is 37.3 Å². The van der Waals surface area contributed by atoms with Crippen molar-refractivity contribution in [2.24, 2.45) is 5.73 Å². The van der Waals surface area contributed by atoms with Gasteiger partial charge in [-0.05, 0) is 80.1 Å². The van der Waals surface area contributed by atoms with Crippen LogP contribution in [0, 0.1) is 0 Å². The zero-order valence-electron chi connectivity index (χ0n) is 49.2. The Labute approximate surface area is 516 Å². The quantitative estimate of drug-likeness (QED) is 0.0196. The number of aliphatic hydroxyl groups is 6. The van der Waals surface area contributed by atoms with Crippen LogP contribution in [0.25, 0.3) is 0 Å². The van der Waals surface area contributed by atoms with E-state index in [9.17, 15) is 92.1 Å². The van der Waals surface area contributed by atoms with Crippen LogP contribution in [0.2, 0.25) is 0 Å². The molecule has 500 valence electrons. The summed E-state index contributed by atoms with van der Waals surface area (Å²) in [6.07, 6.45) is -6.52. The van der Waals surface area contributed by atoms with Crippen molar-refractivity contribution in [3.05, 3.63) is 89.2 Å². The predicted molar refractivity (Wildman–Crippen MR) is 315 cm³/mol. The number of nitrogens with two attached hydrogens (primary N) is 1. The van der Waals surface area contributed by atoms with Crippen molar-refractivity contribution in [3.8, 4) is 0 Å². The number of allylic oxidation sites excluding steroid dienone is 6. The molecular weight excluding hydrogens is 1260 g/mol. The Hall–Kier alpha value is -4.93. The minimum absolute atomic E-state index is 0.0376. The van der Waals surface area contributed by atoms with E-state index in [2.05, 4.69) is 5.32 Å². The Kier molecular flexibility index (Phi) is 25.6. The van der Waals surface area contributed by atoms with Gasteiger partial charge in [-0.25, -0.2) is 9.37 Å². The zero-order chi connectivity index (χ0) is 65.9. The van der Waals surface area contributed by atoms with Crippen LogP contribution in [-0.2, 0) is 84.6 Å². The van der Waals surface area contributed by atoms with Gasteiger partial charge in [-0.3, -0.25) is 23.0 Å². The summed E-state index contributed by atoms with van der Waals surface area (Å²) in [5, 5.41) is 65.0. The van der Waals surface area contributed by atoms with E-state index in [4.69, 9.17) is 34.2 Å². The summed E-state index contributed by atoms with van der Waals surface area (Å²) >= 11 is 0. The van der Waals surface area contributed by atoms with Crippen LogP contribution in [0.4, 0.5) is 10.5 Å². The number of unbranched alkanes of at least 4 members (excludes halogenated alkanes) is 4. The number of aliphatic hydroxyl groups excluding tert-OH is 6. The first kappa shape index (κ1) is 73.1. The van der Waals surface area contributed by atoms with E-state index in [0.29, 0.717) is 53.9 Å². The van der Waals surface area contributed by atoms with Crippen molar-refractivity contribution >= 4 is 63.9 Å². The van der Waals surface area contributed by atoms with Crippen molar-refractivity contribution in [3.63, 3.8) is 0 Å². The highest BCUT2D eigenvalue weighted by Crippen LogP contribution is 2.49. The lowest BCUT2D eigenvalue weighted by Crippen LogP contribution is -2.65. The highest BCUT2D eigenvalue weighted by Gasteiger charge is 2.53. The molecule has 30 nitrogen and oxygen atoms in total. The molecular formula is C55H81N4O26S4+. The molecule has 11 atom stereocenters. The van der Waals surface area contributed by atoms with Crippen LogP contribution in [0.1, 0.15) is 95.2 Å². The molecule has 0 aromatic heterocycles. The highest BCUT2D eigenvalue weighted by atomic mass is 32.2. The number of carbonyl (C=O) groups excluding carboxylic acids is 2. The van der Waals surface area contributed by atoms with Crippen molar-refractivity contribution in [1.29, 1.82) is 0 Å². The van der Waals surface area contributed by atoms with Crippen molar-refractivity contribution in [2.75, 3.05) is 69.1 Å². The van der Waals surface area contributed by atoms with E-state index >= 15 is 0 Å². The molecule has 89 heavy (non-hydrogen) atoms. The standard InChI is InChI=1S/C55H80N4O26S4/c1-54(2)38-31-35(89(77,78)79)18-20-40(38)58(43(54)15-7-4-6-14-39-36-19-17-34(88(74,75)76)30-37(36)55(3,21-9-12-28-86(68,69)70)59(39)24-11-13-29-87(71,72)73)23-10-5-8-16-44(62)57-22-25-80-26-27-81-52-50(47(65)45(63)41(32-60)83-52)84-51-48(66)49(85-53(56)67)46(64)42(33-61)82-51/h4,6-7,14-15,17-20,30-31,41-42,45-52,60-61,63-66H,5,8-13,16,21-29,32-33H2,1-3H3,(H6-,56,57,62,67,68,69,70,71,72,73,74,75,76,77,78,79)/p+1/t41-,42+,45+,46+,47-,48-,49+,50-,51+,52-,55?/m0/s1. The Balaban J connectivity index is 1.07. The average Bonchev–Trinajstić information content (AvgIpc) is 1.69. The second-order valence-electron chi connectivity index (χ2n) is 22.5. The van der Waals surface area contributed by atoms with Crippen LogP contribution >= 0.6 is 0 Å². The summed E-state index contributed by atoms with van der Waals surface area (Å²) in [5.41, 5.74) is 6.91. The molecule has 2 saturated heterocycles. The lowest BCUT2D eigenvalue weighted by molar-refractivity contribution is -0.610. The summed E-state index contributed by atoms with van der Waals surface area (Å²) < 4.78 is 169. The third kappa shape index (κ3) is 19.3. The van der Waals surface area contributed by atoms with Crippen LogP contribution in [0.15, 0.2) is 82.3 Å². The van der Waals surface area contributed by atoms with E-state index < -0.39 is 144 Å². The first-order valence-electron chi connectivity index (χ1n) is 28.6.